The minimum atomic E-state index is -2.93. The van der Waals surface area contributed by atoms with Gasteiger partial charge in [0, 0.05) is 45.0 Å². The average Bonchev–Trinajstić information content (AvgIpc) is 2.62. The highest BCUT2D eigenvalue weighted by atomic mass is 32.2. The molecular formula is C19H32N4O2S. The summed E-state index contributed by atoms with van der Waals surface area (Å²) in [4.78, 5) is 6.73. The minimum Gasteiger partial charge on any atom is -0.355 e. The van der Waals surface area contributed by atoms with Crippen LogP contribution in [-0.4, -0.2) is 63.5 Å². The summed E-state index contributed by atoms with van der Waals surface area (Å²) in [5, 5.41) is 6.64. The third kappa shape index (κ3) is 6.61. The van der Waals surface area contributed by atoms with Crippen LogP contribution in [0.3, 0.4) is 0 Å². The van der Waals surface area contributed by atoms with Gasteiger partial charge in [-0.3, -0.25) is 9.89 Å². The zero-order chi connectivity index (χ0) is 19.2. The molecular weight excluding hydrogens is 348 g/mol. The number of guanidine groups is 1. The van der Waals surface area contributed by atoms with E-state index in [1.165, 1.54) is 17.4 Å². The van der Waals surface area contributed by atoms with Gasteiger partial charge in [0.2, 0.25) is 0 Å². The van der Waals surface area contributed by atoms with Gasteiger partial charge in [0.25, 0.3) is 0 Å². The first-order valence-corrected chi connectivity index (χ1v) is 11.3. The van der Waals surface area contributed by atoms with Crippen LogP contribution in [0.5, 0.6) is 0 Å². The Bertz CT molecular complexity index is 718. The fourth-order valence-corrected chi connectivity index (χ4v) is 3.94. The van der Waals surface area contributed by atoms with Gasteiger partial charge in [-0.05, 0) is 37.8 Å². The van der Waals surface area contributed by atoms with Crippen LogP contribution in [0.2, 0.25) is 0 Å². The number of aliphatic imine (C=N–C) groups is 1. The number of hydrogen-bond donors (Lipinski definition) is 2. The van der Waals surface area contributed by atoms with Crippen molar-refractivity contribution in [2.75, 3.05) is 32.1 Å². The van der Waals surface area contributed by atoms with E-state index in [0.717, 1.165) is 32.0 Å². The summed E-state index contributed by atoms with van der Waals surface area (Å²) in [6.07, 6.45) is 2.93. The van der Waals surface area contributed by atoms with Crippen LogP contribution in [0.4, 0.5) is 0 Å². The van der Waals surface area contributed by atoms with E-state index in [1.54, 1.807) is 7.05 Å². The van der Waals surface area contributed by atoms with Gasteiger partial charge in [0.15, 0.2) is 5.96 Å². The van der Waals surface area contributed by atoms with Crippen molar-refractivity contribution in [3.8, 4) is 0 Å². The van der Waals surface area contributed by atoms with E-state index in [1.807, 2.05) is 6.92 Å². The molecule has 0 spiro atoms. The maximum absolute atomic E-state index is 11.3. The second-order valence-electron chi connectivity index (χ2n) is 7.26. The highest BCUT2D eigenvalue weighted by molar-refractivity contribution is 7.90. The molecule has 1 aromatic carbocycles. The molecule has 0 bridgehead atoms. The van der Waals surface area contributed by atoms with Crippen molar-refractivity contribution in [1.29, 1.82) is 0 Å². The Morgan fingerprint density at radius 1 is 1.27 bits per heavy atom. The first kappa shape index (κ1) is 20.7. The molecule has 6 nitrogen and oxygen atoms in total. The molecule has 7 heteroatoms. The van der Waals surface area contributed by atoms with Gasteiger partial charge in [-0.1, -0.05) is 24.3 Å². The summed E-state index contributed by atoms with van der Waals surface area (Å²) in [6.45, 7) is 7.04. The molecule has 1 aliphatic heterocycles. The van der Waals surface area contributed by atoms with Crippen molar-refractivity contribution < 1.29 is 8.42 Å². The monoisotopic (exact) mass is 380 g/mol. The standard InChI is InChI=1S/C19H32N4O2S/c1-15(10-12-26(4,24)25)22-19(20-3)21-13-16(2)23-11-9-17-7-5-6-8-18(17)14-23/h5-8,15-16H,9-14H2,1-4H3,(H2,20,21,22). The number of nitrogens with one attached hydrogen (secondary N) is 2. The van der Waals surface area contributed by atoms with E-state index < -0.39 is 9.84 Å². The Morgan fingerprint density at radius 3 is 2.62 bits per heavy atom. The Balaban J connectivity index is 1.79. The van der Waals surface area contributed by atoms with Crippen LogP contribution in [0.25, 0.3) is 0 Å². The third-order valence-corrected chi connectivity index (χ3v) is 5.85. The van der Waals surface area contributed by atoms with Crippen molar-refractivity contribution in [3.05, 3.63) is 35.4 Å². The normalized spacial score (nSPS) is 18.1. The van der Waals surface area contributed by atoms with Gasteiger partial charge in [-0.15, -0.1) is 0 Å². The van der Waals surface area contributed by atoms with Gasteiger partial charge in [0.1, 0.15) is 9.84 Å². The van der Waals surface area contributed by atoms with Crippen LogP contribution in [0.1, 0.15) is 31.4 Å². The van der Waals surface area contributed by atoms with E-state index in [9.17, 15) is 8.42 Å². The van der Waals surface area contributed by atoms with Crippen LogP contribution < -0.4 is 10.6 Å². The van der Waals surface area contributed by atoms with Crippen LogP contribution in [-0.2, 0) is 22.8 Å². The number of fused-ring (bicyclic) bond motifs is 1. The number of rotatable bonds is 7. The molecule has 0 fully saturated rings. The Hall–Kier alpha value is -1.60. The van der Waals surface area contributed by atoms with E-state index >= 15 is 0 Å². The Morgan fingerprint density at radius 2 is 1.96 bits per heavy atom. The molecule has 0 amide bonds. The highest BCUT2D eigenvalue weighted by Crippen LogP contribution is 2.19. The van der Waals surface area contributed by atoms with E-state index in [4.69, 9.17) is 0 Å². The number of nitrogens with zero attached hydrogens (tertiary/aromatic N) is 2. The lowest BCUT2D eigenvalue weighted by molar-refractivity contribution is 0.191. The molecule has 1 aromatic rings. The molecule has 146 valence electrons. The fraction of sp³-hybridized carbons (Fsp3) is 0.632. The van der Waals surface area contributed by atoms with E-state index in [2.05, 4.69) is 51.7 Å². The molecule has 0 saturated carbocycles. The van der Waals surface area contributed by atoms with Crippen LogP contribution >= 0.6 is 0 Å². The van der Waals surface area contributed by atoms with Crippen molar-refractivity contribution in [1.82, 2.24) is 15.5 Å². The SMILES string of the molecule is CN=C(NCC(C)N1CCc2ccccc2C1)NC(C)CCS(C)(=O)=O. The summed E-state index contributed by atoms with van der Waals surface area (Å²) in [5.41, 5.74) is 2.88. The second-order valence-corrected chi connectivity index (χ2v) is 9.52. The molecule has 0 aromatic heterocycles. The summed E-state index contributed by atoms with van der Waals surface area (Å²) < 4.78 is 22.6. The molecule has 1 heterocycles. The zero-order valence-corrected chi connectivity index (χ0v) is 17.1. The summed E-state index contributed by atoms with van der Waals surface area (Å²) in [7, 11) is -1.20. The molecule has 2 unspecified atom stereocenters. The molecule has 0 aliphatic carbocycles. The number of hydrogen-bond acceptors (Lipinski definition) is 4. The van der Waals surface area contributed by atoms with E-state index in [-0.39, 0.29) is 11.8 Å². The fourth-order valence-electron chi connectivity index (χ4n) is 3.16. The molecule has 0 saturated heterocycles. The van der Waals surface area contributed by atoms with Gasteiger partial charge in [0.05, 0.1) is 5.75 Å². The van der Waals surface area contributed by atoms with E-state index in [0.29, 0.717) is 12.5 Å². The molecule has 2 N–H and O–H groups in total. The van der Waals surface area contributed by atoms with Gasteiger partial charge in [-0.25, -0.2) is 8.42 Å². The largest absolute Gasteiger partial charge is 0.355 e. The smallest absolute Gasteiger partial charge is 0.191 e. The summed E-state index contributed by atoms with van der Waals surface area (Å²) >= 11 is 0. The number of sulfone groups is 1. The first-order valence-electron chi connectivity index (χ1n) is 9.24. The quantitative estimate of drug-likeness (QED) is 0.553. The topological polar surface area (TPSA) is 73.8 Å². The predicted octanol–water partition coefficient (Wildman–Crippen LogP) is 1.42. The maximum Gasteiger partial charge on any atom is 0.191 e. The molecule has 1 aliphatic rings. The average molecular weight is 381 g/mol. The zero-order valence-electron chi connectivity index (χ0n) is 16.3. The van der Waals surface area contributed by atoms with Crippen LogP contribution in [0, 0.1) is 0 Å². The highest BCUT2D eigenvalue weighted by Gasteiger charge is 2.20. The van der Waals surface area contributed by atoms with Gasteiger partial charge >= 0.3 is 0 Å². The Labute approximate surface area is 158 Å². The lowest BCUT2D eigenvalue weighted by Crippen LogP contribution is -2.49. The third-order valence-electron chi connectivity index (χ3n) is 4.88. The van der Waals surface area contributed by atoms with Crippen molar-refractivity contribution in [2.45, 2.75) is 45.3 Å². The van der Waals surface area contributed by atoms with Crippen LogP contribution in [0.15, 0.2) is 29.3 Å². The molecule has 2 atom stereocenters. The molecule has 2 rings (SSSR count). The van der Waals surface area contributed by atoms with Crippen molar-refractivity contribution >= 4 is 15.8 Å². The molecule has 0 radical (unpaired) electrons. The predicted molar refractivity (Wildman–Crippen MR) is 108 cm³/mol. The molecule has 26 heavy (non-hydrogen) atoms. The van der Waals surface area contributed by atoms with Gasteiger partial charge < -0.3 is 10.6 Å². The maximum atomic E-state index is 11.3. The minimum absolute atomic E-state index is 0.0492. The first-order chi connectivity index (χ1) is 12.3. The van der Waals surface area contributed by atoms with Crippen molar-refractivity contribution in [3.63, 3.8) is 0 Å². The second kappa shape index (κ2) is 9.37. The lowest BCUT2D eigenvalue weighted by atomic mass is 9.99. The summed E-state index contributed by atoms with van der Waals surface area (Å²) in [6, 6.07) is 9.08. The Kier molecular flexibility index (Phi) is 7.46. The number of benzene rings is 1. The van der Waals surface area contributed by atoms with Crippen molar-refractivity contribution in [2.24, 2.45) is 4.99 Å². The van der Waals surface area contributed by atoms with Gasteiger partial charge in [-0.2, -0.15) is 0 Å². The lowest BCUT2D eigenvalue weighted by Gasteiger charge is -2.34. The summed E-state index contributed by atoms with van der Waals surface area (Å²) in [5.74, 6) is 0.900.